The molecule has 1 aromatic heterocycles. The van der Waals surface area contributed by atoms with E-state index in [4.69, 9.17) is 11.6 Å². The number of aliphatic hydroxyl groups is 1. The molecule has 1 heterocycles. The molecule has 0 amide bonds. The van der Waals surface area contributed by atoms with Crippen molar-refractivity contribution in [3.63, 3.8) is 0 Å². The second kappa shape index (κ2) is 7.41. The smallest absolute Gasteiger partial charge is 0.167 e. The predicted octanol–water partition coefficient (Wildman–Crippen LogP) is 3.17. The number of aryl methyl sites for hydroxylation is 2. The van der Waals surface area contributed by atoms with Crippen molar-refractivity contribution < 1.29 is 9.90 Å². The standard InChI is InChI=1S/C16H25ClN2O2/c1-3-12-15(17)13(19(4-2)18-12)10-14(20)16(21)11-8-6-5-7-9-11/h11,16,21H,3-10H2,1-2H3. The Labute approximate surface area is 131 Å². The zero-order valence-corrected chi connectivity index (χ0v) is 13.7. The van der Waals surface area contributed by atoms with Gasteiger partial charge in [-0.2, -0.15) is 5.10 Å². The highest BCUT2D eigenvalue weighted by molar-refractivity contribution is 6.32. The topological polar surface area (TPSA) is 55.1 Å². The molecule has 5 heteroatoms. The molecule has 0 aliphatic heterocycles. The van der Waals surface area contributed by atoms with Crippen molar-refractivity contribution in [1.29, 1.82) is 0 Å². The third-order valence-corrected chi connectivity index (χ3v) is 4.90. The van der Waals surface area contributed by atoms with Gasteiger partial charge < -0.3 is 5.11 Å². The number of Topliss-reactive ketones (excluding diaryl/α,β-unsaturated/α-hetero) is 1. The molecule has 1 N–H and O–H groups in total. The molecule has 0 aromatic carbocycles. The second-order valence-electron chi connectivity index (χ2n) is 5.86. The van der Waals surface area contributed by atoms with Crippen LogP contribution >= 0.6 is 11.6 Å². The van der Waals surface area contributed by atoms with Crippen LogP contribution in [0.4, 0.5) is 0 Å². The number of carbonyl (C=O) groups excluding carboxylic acids is 1. The van der Waals surface area contributed by atoms with Crippen LogP contribution in [0.5, 0.6) is 0 Å². The quantitative estimate of drug-likeness (QED) is 0.877. The summed E-state index contributed by atoms with van der Waals surface area (Å²) in [6.45, 7) is 4.66. The minimum absolute atomic E-state index is 0.119. The molecule has 4 nitrogen and oxygen atoms in total. The Morgan fingerprint density at radius 2 is 2.05 bits per heavy atom. The fraction of sp³-hybridized carbons (Fsp3) is 0.750. The Hall–Kier alpha value is -0.870. The third-order valence-electron chi connectivity index (χ3n) is 4.46. The summed E-state index contributed by atoms with van der Waals surface area (Å²) in [6.07, 6.45) is 5.42. The molecule has 0 bridgehead atoms. The fourth-order valence-corrected chi connectivity index (χ4v) is 3.50. The summed E-state index contributed by atoms with van der Waals surface area (Å²) in [5, 5.41) is 15.3. The van der Waals surface area contributed by atoms with Crippen LogP contribution in [0.15, 0.2) is 0 Å². The summed E-state index contributed by atoms with van der Waals surface area (Å²) in [5.41, 5.74) is 1.57. The largest absolute Gasteiger partial charge is 0.385 e. The molecular formula is C16H25ClN2O2. The van der Waals surface area contributed by atoms with Crippen LogP contribution in [0.25, 0.3) is 0 Å². The van der Waals surface area contributed by atoms with E-state index in [2.05, 4.69) is 5.10 Å². The molecule has 1 fully saturated rings. The zero-order chi connectivity index (χ0) is 15.4. The van der Waals surface area contributed by atoms with Crippen LogP contribution in [-0.2, 0) is 24.2 Å². The van der Waals surface area contributed by atoms with Gasteiger partial charge in [0.2, 0.25) is 0 Å². The van der Waals surface area contributed by atoms with Crippen LogP contribution < -0.4 is 0 Å². The van der Waals surface area contributed by atoms with Crippen LogP contribution in [0.1, 0.15) is 57.3 Å². The summed E-state index contributed by atoms with van der Waals surface area (Å²) in [5.74, 6) is -0.00489. The summed E-state index contributed by atoms with van der Waals surface area (Å²) in [7, 11) is 0. The van der Waals surface area contributed by atoms with E-state index in [0.29, 0.717) is 11.6 Å². The van der Waals surface area contributed by atoms with E-state index in [9.17, 15) is 9.90 Å². The van der Waals surface area contributed by atoms with Crippen molar-refractivity contribution in [2.45, 2.75) is 71.4 Å². The maximum atomic E-state index is 12.4. The van der Waals surface area contributed by atoms with Gasteiger partial charge in [-0.15, -0.1) is 0 Å². The fourth-order valence-electron chi connectivity index (χ4n) is 3.17. The van der Waals surface area contributed by atoms with E-state index < -0.39 is 6.10 Å². The van der Waals surface area contributed by atoms with Gasteiger partial charge in [-0.1, -0.05) is 37.8 Å². The minimum atomic E-state index is -0.855. The van der Waals surface area contributed by atoms with E-state index in [1.807, 2.05) is 13.8 Å². The molecule has 0 saturated heterocycles. The van der Waals surface area contributed by atoms with Crippen LogP contribution in [0.2, 0.25) is 5.02 Å². The molecule has 1 aliphatic carbocycles. The van der Waals surface area contributed by atoms with Crippen LogP contribution in [0, 0.1) is 5.92 Å². The third kappa shape index (κ3) is 3.67. The molecule has 1 atom stereocenters. The number of aliphatic hydroxyl groups excluding tert-OH is 1. The van der Waals surface area contributed by atoms with Crippen molar-refractivity contribution >= 4 is 17.4 Å². The van der Waals surface area contributed by atoms with Gasteiger partial charge in [-0.05, 0) is 32.1 Å². The van der Waals surface area contributed by atoms with Crippen LogP contribution in [0.3, 0.4) is 0 Å². The Morgan fingerprint density at radius 1 is 1.38 bits per heavy atom. The number of hydrogen-bond donors (Lipinski definition) is 1. The first kappa shape index (κ1) is 16.5. The lowest BCUT2D eigenvalue weighted by Crippen LogP contribution is -2.32. The Balaban J connectivity index is 2.09. The Morgan fingerprint density at radius 3 is 2.62 bits per heavy atom. The average molecular weight is 313 g/mol. The highest BCUT2D eigenvalue weighted by Gasteiger charge is 2.29. The molecule has 1 aliphatic rings. The minimum Gasteiger partial charge on any atom is -0.385 e. The highest BCUT2D eigenvalue weighted by atomic mass is 35.5. The highest BCUT2D eigenvalue weighted by Crippen LogP contribution is 2.28. The van der Waals surface area contributed by atoms with Crippen LogP contribution in [-0.4, -0.2) is 26.8 Å². The number of rotatable bonds is 6. The first-order valence-corrected chi connectivity index (χ1v) is 8.41. The average Bonchev–Trinajstić information content (AvgIpc) is 2.83. The van der Waals surface area contributed by atoms with Gasteiger partial charge in [0.1, 0.15) is 6.10 Å². The van der Waals surface area contributed by atoms with Crippen molar-refractivity contribution in [3.8, 4) is 0 Å². The first-order valence-electron chi connectivity index (χ1n) is 8.03. The van der Waals surface area contributed by atoms with Gasteiger partial charge >= 0.3 is 0 Å². The van der Waals surface area contributed by atoms with E-state index in [0.717, 1.165) is 43.5 Å². The number of halogens is 1. The summed E-state index contributed by atoms with van der Waals surface area (Å²) in [4.78, 5) is 12.4. The maximum absolute atomic E-state index is 12.4. The lowest BCUT2D eigenvalue weighted by molar-refractivity contribution is -0.129. The van der Waals surface area contributed by atoms with E-state index >= 15 is 0 Å². The van der Waals surface area contributed by atoms with E-state index in [1.165, 1.54) is 6.42 Å². The number of aromatic nitrogens is 2. The summed E-state index contributed by atoms with van der Waals surface area (Å²) < 4.78 is 1.78. The Bertz CT molecular complexity index is 493. The van der Waals surface area contributed by atoms with Crippen molar-refractivity contribution in [3.05, 3.63) is 16.4 Å². The second-order valence-corrected chi connectivity index (χ2v) is 6.24. The van der Waals surface area contributed by atoms with Gasteiger partial charge in [0.15, 0.2) is 5.78 Å². The lowest BCUT2D eigenvalue weighted by atomic mass is 9.83. The van der Waals surface area contributed by atoms with Gasteiger partial charge in [0.25, 0.3) is 0 Å². The summed E-state index contributed by atoms with van der Waals surface area (Å²) >= 11 is 6.33. The van der Waals surface area contributed by atoms with Crippen molar-refractivity contribution in [2.75, 3.05) is 0 Å². The summed E-state index contributed by atoms with van der Waals surface area (Å²) in [6, 6.07) is 0. The van der Waals surface area contributed by atoms with Crippen molar-refractivity contribution in [1.82, 2.24) is 9.78 Å². The maximum Gasteiger partial charge on any atom is 0.167 e. The number of nitrogens with zero attached hydrogens (tertiary/aromatic N) is 2. The number of carbonyl (C=O) groups is 1. The Kier molecular flexibility index (Phi) is 5.82. The number of ketones is 1. The molecule has 118 valence electrons. The van der Waals surface area contributed by atoms with Gasteiger partial charge in [0.05, 0.1) is 22.8 Å². The van der Waals surface area contributed by atoms with Gasteiger partial charge in [-0.3, -0.25) is 9.48 Å². The normalized spacial score (nSPS) is 17.9. The molecule has 1 aromatic rings. The molecular weight excluding hydrogens is 288 g/mol. The molecule has 2 rings (SSSR count). The van der Waals surface area contributed by atoms with E-state index in [1.54, 1.807) is 4.68 Å². The van der Waals surface area contributed by atoms with E-state index in [-0.39, 0.29) is 18.1 Å². The van der Waals surface area contributed by atoms with Gasteiger partial charge in [-0.25, -0.2) is 0 Å². The predicted molar refractivity (Wildman–Crippen MR) is 83.6 cm³/mol. The lowest BCUT2D eigenvalue weighted by Gasteiger charge is -2.25. The monoisotopic (exact) mass is 312 g/mol. The zero-order valence-electron chi connectivity index (χ0n) is 12.9. The molecule has 0 spiro atoms. The molecule has 1 unspecified atom stereocenters. The molecule has 0 radical (unpaired) electrons. The van der Waals surface area contributed by atoms with Crippen molar-refractivity contribution in [2.24, 2.45) is 5.92 Å². The SMILES string of the molecule is CCc1nn(CC)c(CC(=O)C(O)C2CCCCC2)c1Cl. The first-order chi connectivity index (χ1) is 10.1. The molecule has 1 saturated carbocycles. The molecule has 21 heavy (non-hydrogen) atoms. The van der Waals surface area contributed by atoms with Gasteiger partial charge in [0, 0.05) is 6.54 Å². The number of hydrogen-bond acceptors (Lipinski definition) is 3.